The van der Waals surface area contributed by atoms with Crippen molar-refractivity contribution >= 4 is 46.3 Å². The van der Waals surface area contributed by atoms with E-state index in [2.05, 4.69) is 5.10 Å². The molecule has 10 heteroatoms. The molecule has 0 saturated carbocycles. The molecule has 7 nitrogen and oxygen atoms in total. The zero-order valence-electron chi connectivity index (χ0n) is 19.4. The van der Waals surface area contributed by atoms with Crippen LogP contribution < -0.4 is 10.5 Å². The van der Waals surface area contributed by atoms with Crippen LogP contribution >= 0.6 is 23.2 Å². The molecule has 1 aromatic heterocycles. The highest BCUT2D eigenvalue weighted by Gasteiger charge is 2.44. The van der Waals surface area contributed by atoms with Crippen molar-refractivity contribution in [2.75, 3.05) is 18.0 Å². The maximum atomic E-state index is 13.7. The third-order valence-electron chi connectivity index (χ3n) is 5.95. The minimum atomic E-state index is -0.643. The SMILES string of the molecule is CCc1[nH]n(-c2ccc(Cl)c(Cl)c2)c(=O)c1C1=C(N(CC)CC)C(=O)N(c2ccc(F)cc2)C1=O. The number of H-pyrrole nitrogens is 1. The van der Waals surface area contributed by atoms with Crippen LogP contribution in [-0.4, -0.2) is 39.6 Å². The van der Waals surface area contributed by atoms with Crippen LogP contribution in [-0.2, 0) is 16.0 Å². The molecule has 35 heavy (non-hydrogen) atoms. The summed E-state index contributed by atoms with van der Waals surface area (Å²) in [4.78, 5) is 43.7. The van der Waals surface area contributed by atoms with E-state index in [0.29, 0.717) is 35.9 Å². The molecule has 0 unspecified atom stereocenters. The molecule has 2 aromatic carbocycles. The highest BCUT2D eigenvalue weighted by molar-refractivity contribution is 6.45. The maximum Gasteiger partial charge on any atom is 0.282 e. The molecular weight excluding hydrogens is 494 g/mol. The Morgan fingerprint density at radius 3 is 2.09 bits per heavy atom. The van der Waals surface area contributed by atoms with Crippen LogP contribution in [0.1, 0.15) is 32.0 Å². The van der Waals surface area contributed by atoms with E-state index < -0.39 is 23.2 Å². The number of hydrogen-bond donors (Lipinski definition) is 1. The zero-order chi connectivity index (χ0) is 25.4. The van der Waals surface area contributed by atoms with Crippen molar-refractivity contribution in [1.82, 2.24) is 14.7 Å². The van der Waals surface area contributed by atoms with Gasteiger partial charge < -0.3 is 4.90 Å². The fraction of sp³-hybridized carbons (Fsp3) is 0.240. The summed E-state index contributed by atoms with van der Waals surface area (Å²) in [6, 6.07) is 9.81. The van der Waals surface area contributed by atoms with Crippen molar-refractivity contribution in [3.63, 3.8) is 0 Å². The number of nitrogens with one attached hydrogen (secondary N) is 1. The number of halogens is 3. The molecule has 0 fully saturated rings. The Hall–Kier alpha value is -3.36. The van der Waals surface area contributed by atoms with Gasteiger partial charge in [-0.2, -0.15) is 0 Å². The molecule has 2 heterocycles. The van der Waals surface area contributed by atoms with Crippen LogP contribution in [0.25, 0.3) is 11.3 Å². The van der Waals surface area contributed by atoms with Gasteiger partial charge >= 0.3 is 0 Å². The Morgan fingerprint density at radius 2 is 1.51 bits per heavy atom. The van der Waals surface area contributed by atoms with Crippen LogP contribution in [0.2, 0.25) is 10.0 Å². The first-order valence-corrected chi connectivity index (χ1v) is 11.9. The van der Waals surface area contributed by atoms with Crippen molar-refractivity contribution in [2.24, 2.45) is 0 Å². The molecule has 0 aliphatic carbocycles. The molecule has 0 bridgehead atoms. The summed E-state index contributed by atoms with van der Waals surface area (Å²) in [5, 5.41) is 3.65. The second kappa shape index (κ2) is 9.71. The third-order valence-corrected chi connectivity index (χ3v) is 6.69. The van der Waals surface area contributed by atoms with E-state index >= 15 is 0 Å². The number of hydrogen-bond acceptors (Lipinski definition) is 4. The molecule has 3 aromatic rings. The Bertz CT molecular complexity index is 1410. The molecular formula is C25H23Cl2FN4O3. The van der Waals surface area contributed by atoms with Crippen LogP contribution in [0.3, 0.4) is 0 Å². The van der Waals surface area contributed by atoms with Crippen LogP contribution in [0.5, 0.6) is 0 Å². The highest BCUT2D eigenvalue weighted by Crippen LogP contribution is 2.35. The van der Waals surface area contributed by atoms with Crippen molar-refractivity contribution in [3.8, 4) is 5.69 Å². The van der Waals surface area contributed by atoms with Crippen molar-refractivity contribution < 1.29 is 14.0 Å². The number of carbonyl (C=O) groups is 2. The minimum Gasteiger partial charge on any atom is -0.367 e. The van der Waals surface area contributed by atoms with Gasteiger partial charge in [-0.25, -0.2) is 14.0 Å². The molecule has 1 aliphatic heterocycles. The molecule has 1 aliphatic rings. The number of aromatic amines is 1. The van der Waals surface area contributed by atoms with E-state index in [1.165, 1.54) is 35.0 Å². The van der Waals surface area contributed by atoms with Gasteiger partial charge in [0.25, 0.3) is 17.4 Å². The lowest BCUT2D eigenvalue weighted by atomic mass is 10.0. The number of carbonyl (C=O) groups excluding carboxylic acids is 2. The first kappa shape index (κ1) is 24.8. The predicted molar refractivity (Wildman–Crippen MR) is 135 cm³/mol. The summed E-state index contributed by atoms with van der Waals surface area (Å²) in [6.45, 7) is 6.44. The Balaban J connectivity index is 1.96. The van der Waals surface area contributed by atoms with Crippen molar-refractivity contribution in [2.45, 2.75) is 27.2 Å². The molecule has 0 radical (unpaired) electrons. The van der Waals surface area contributed by atoms with Gasteiger partial charge in [0.05, 0.1) is 32.6 Å². The monoisotopic (exact) mass is 516 g/mol. The first-order valence-electron chi connectivity index (χ1n) is 11.2. The topological polar surface area (TPSA) is 78.4 Å². The second-order valence-electron chi connectivity index (χ2n) is 7.88. The number of aryl methyl sites for hydroxylation is 1. The van der Waals surface area contributed by atoms with Gasteiger partial charge in [0.15, 0.2) is 0 Å². The standard InChI is InChI=1S/C25H23Cl2FN4O3/c1-4-19-20(24(34)32(29-19)16-11-12-17(26)18(27)13-16)21-22(30(5-2)6-3)25(35)31(23(21)33)15-9-7-14(28)8-10-15/h7-13,29H,4-6H2,1-3H3. The zero-order valence-corrected chi connectivity index (χ0v) is 20.9. The molecule has 0 atom stereocenters. The van der Waals surface area contributed by atoms with Crippen molar-refractivity contribution in [3.05, 3.63) is 85.6 Å². The lowest BCUT2D eigenvalue weighted by Crippen LogP contribution is -2.35. The number of likely N-dealkylation sites (N-methyl/N-ethyl adjacent to an activating group) is 1. The maximum absolute atomic E-state index is 13.7. The van der Waals surface area contributed by atoms with Gasteiger partial charge in [-0.3, -0.25) is 19.5 Å². The van der Waals surface area contributed by atoms with E-state index in [1.54, 1.807) is 17.0 Å². The fourth-order valence-electron chi connectivity index (χ4n) is 4.20. The lowest BCUT2D eigenvalue weighted by Gasteiger charge is -2.22. The highest BCUT2D eigenvalue weighted by atomic mass is 35.5. The molecule has 182 valence electrons. The first-order chi connectivity index (χ1) is 16.7. The molecule has 0 spiro atoms. The fourth-order valence-corrected chi connectivity index (χ4v) is 4.50. The van der Waals surface area contributed by atoms with Crippen LogP contribution in [0.4, 0.5) is 10.1 Å². The van der Waals surface area contributed by atoms with Gasteiger partial charge in [-0.05, 0) is 62.7 Å². The molecule has 1 N–H and O–H groups in total. The number of amides is 2. The smallest absolute Gasteiger partial charge is 0.282 e. The quantitative estimate of drug-likeness (QED) is 0.457. The van der Waals surface area contributed by atoms with Gasteiger partial charge in [-0.1, -0.05) is 30.1 Å². The van der Waals surface area contributed by atoms with E-state index in [1.807, 2.05) is 20.8 Å². The van der Waals surface area contributed by atoms with Crippen molar-refractivity contribution in [1.29, 1.82) is 0 Å². The number of benzene rings is 2. The molecule has 0 saturated heterocycles. The number of rotatable bonds is 7. The van der Waals surface area contributed by atoms with Crippen LogP contribution in [0.15, 0.2) is 53.0 Å². The summed E-state index contributed by atoms with van der Waals surface area (Å²) >= 11 is 12.2. The van der Waals surface area contributed by atoms with E-state index in [4.69, 9.17) is 23.2 Å². The minimum absolute atomic E-state index is 0.0138. The lowest BCUT2D eigenvalue weighted by molar-refractivity contribution is -0.120. The van der Waals surface area contributed by atoms with E-state index in [-0.39, 0.29) is 27.5 Å². The van der Waals surface area contributed by atoms with Gasteiger partial charge in [0, 0.05) is 18.8 Å². The number of imide groups is 1. The van der Waals surface area contributed by atoms with Gasteiger partial charge in [0.1, 0.15) is 11.5 Å². The molecule has 2 amide bonds. The predicted octanol–water partition coefficient (Wildman–Crippen LogP) is 4.80. The Morgan fingerprint density at radius 1 is 0.886 bits per heavy atom. The second-order valence-corrected chi connectivity index (χ2v) is 8.69. The summed E-state index contributed by atoms with van der Waals surface area (Å²) in [5.41, 5.74) is 0.909. The summed E-state index contributed by atoms with van der Waals surface area (Å²) in [7, 11) is 0. The normalized spacial score (nSPS) is 13.8. The third kappa shape index (κ3) is 4.17. The van der Waals surface area contributed by atoms with Gasteiger partial charge in [-0.15, -0.1) is 0 Å². The van der Waals surface area contributed by atoms with Crippen LogP contribution in [0, 0.1) is 5.82 Å². The summed E-state index contributed by atoms with van der Waals surface area (Å²) < 4.78 is 14.8. The Labute approximate surface area is 211 Å². The summed E-state index contributed by atoms with van der Waals surface area (Å²) in [5.74, 6) is -1.70. The van der Waals surface area contributed by atoms with E-state index in [0.717, 1.165) is 4.90 Å². The summed E-state index contributed by atoms with van der Waals surface area (Å²) in [6.07, 6.45) is 0.395. The number of anilines is 1. The van der Waals surface area contributed by atoms with E-state index in [9.17, 15) is 18.8 Å². The average Bonchev–Trinajstić information content (AvgIpc) is 3.30. The molecule has 4 rings (SSSR count). The average molecular weight is 517 g/mol. The largest absolute Gasteiger partial charge is 0.367 e. The van der Waals surface area contributed by atoms with Gasteiger partial charge in [0.2, 0.25) is 0 Å². The number of aromatic nitrogens is 2. The Kier molecular flexibility index (Phi) is 6.87. The number of nitrogens with zero attached hydrogens (tertiary/aromatic N) is 3.